The van der Waals surface area contributed by atoms with Crippen molar-refractivity contribution in [1.82, 2.24) is 0 Å². The van der Waals surface area contributed by atoms with Crippen molar-refractivity contribution in [3.63, 3.8) is 0 Å². The summed E-state index contributed by atoms with van der Waals surface area (Å²) in [4.78, 5) is 0. The van der Waals surface area contributed by atoms with E-state index in [1.807, 2.05) is 0 Å². The Morgan fingerprint density at radius 3 is 0.518 bits per heavy atom. The molecule has 9 fully saturated rings. The Kier molecular flexibility index (Phi) is 14.2. The monoisotopic (exact) mass is 826 g/mol. The molecule has 320 valence electrons. The molecule has 56 heavy (non-hydrogen) atoms. The quantitative estimate of drug-likeness (QED) is 0.148. The fourth-order valence-corrected chi connectivity index (χ4v) is 36.5. The van der Waals surface area contributed by atoms with Crippen LogP contribution < -0.4 is 0 Å². The summed E-state index contributed by atoms with van der Waals surface area (Å²) in [6, 6.07) is 0. The van der Waals surface area contributed by atoms with Crippen LogP contribution in [-0.4, -0.2) is 70.6 Å². The van der Waals surface area contributed by atoms with E-state index < -0.39 is 21.2 Å². The highest BCUT2D eigenvalue weighted by atomic mass is 31.2. The lowest BCUT2D eigenvalue weighted by molar-refractivity contribution is 0.366. The van der Waals surface area contributed by atoms with E-state index >= 15 is 0 Å². The number of nitrogens with zero attached hydrogens (tertiary/aromatic N) is 3. The first-order chi connectivity index (χ1) is 27.6. The second kappa shape index (κ2) is 19.0. The van der Waals surface area contributed by atoms with Crippen LogP contribution in [0.4, 0.5) is 0 Å². The van der Waals surface area contributed by atoms with Crippen LogP contribution in [0.25, 0.3) is 0 Å². The van der Waals surface area contributed by atoms with Crippen LogP contribution in [0, 0.1) is 5.41 Å². The largest absolute Gasteiger partial charge is 0.302 e. The van der Waals surface area contributed by atoms with Crippen molar-refractivity contribution in [2.24, 2.45) is 19.6 Å². The van der Waals surface area contributed by atoms with Gasteiger partial charge in [0.05, 0.1) is 0 Å². The standard InChI is InChI=1S/C50H90N3P3/c1-50(38-51-54(41-20-2-3-21-41,42-22-4-5-23-42)43-24-6-7-25-43,39-52-55(44-26-8-9-27-44,45-28-10-11-29-45)46-30-12-13-31-46)40-53-56(47-32-14-15-33-47,48-34-16-17-35-48)49-36-18-19-37-49/h41-49H,2-40H2,1H3. The van der Waals surface area contributed by atoms with Crippen LogP contribution in [0.1, 0.15) is 238 Å². The van der Waals surface area contributed by atoms with Gasteiger partial charge in [-0.25, -0.2) is 0 Å². The number of hydrogen-bond donors (Lipinski definition) is 0. The summed E-state index contributed by atoms with van der Waals surface area (Å²) in [5.74, 6) is 0. The molecule has 9 aliphatic rings. The Labute approximate surface area is 348 Å². The summed E-state index contributed by atoms with van der Waals surface area (Å²) in [5, 5.41) is 0. The Balaban J connectivity index is 1.18. The van der Waals surface area contributed by atoms with Crippen molar-refractivity contribution < 1.29 is 0 Å². The minimum atomic E-state index is -1.43. The molecule has 0 radical (unpaired) electrons. The van der Waals surface area contributed by atoms with Gasteiger partial charge in [0, 0.05) is 25.0 Å². The first-order valence-electron chi connectivity index (χ1n) is 26.3. The maximum Gasteiger partial charge on any atom is 0.0463 e. The molecular formula is C50H90N3P3. The molecule has 9 aliphatic carbocycles. The second-order valence-electron chi connectivity index (χ2n) is 22.5. The molecule has 0 aromatic carbocycles. The smallest absolute Gasteiger partial charge is 0.0463 e. The van der Waals surface area contributed by atoms with Gasteiger partial charge in [0.15, 0.2) is 0 Å². The van der Waals surface area contributed by atoms with Gasteiger partial charge in [-0.3, -0.25) is 0 Å². The first-order valence-corrected chi connectivity index (χ1v) is 32.1. The van der Waals surface area contributed by atoms with Crippen molar-refractivity contribution >= 4 is 21.2 Å². The van der Waals surface area contributed by atoms with E-state index in [2.05, 4.69) is 6.92 Å². The topological polar surface area (TPSA) is 37.1 Å². The molecule has 0 unspecified atom stereocenters. The molecule has 9 rings (SSSR count). The van der Waals surface area contributed by atoms with E-state index in [1.54, 1.807) is 0 Å². The predicted octanol–water partition coefficient (Wildman–Crippen LogP) is 17.1. The maximum atomic E-state index is 6.68. The normalized spacial score (nSPS) is 28.7. The van der Waals surface area contributed by atoms with Crippen LogP contribution in [0.5, 0.6) is 0 Å². The maximum absolute atomic E-state index is 6.68. The van der Waals surface area contributed by atoms with E-state index in [0.29, 0.717) is 0 Å². The molecule has 0 spiro atoms. The third kappa shape index (κ3) is 8.20. The van der Waals surface area contributed by atoms with E-state index in [9.17, 15) is 0 Å². The molecule has 3 nitrogen and oxygen atoms in total. The van der Waals surface area contributed by atoms with E-state index in [4.69, 9.17) is 14.2 Å². The fraction of sp³-hybridized carbons (Fsp3) is 1.00. The highest BCUT2D eigenvalue weighted by molar-refractivity contribution is 7.69. The third-order valence-electron chi connectivity index (χ3n) is 19.3. The summed E-state index contributed by atoms with van der Waals surface area (Å²) in [7, 11) is -4.28. The molecule has 0 atom stereocenters. The molecule has 0 aliphatic heterocycles. The van der Waals surface area contributed by atoms with Crippen molar-refractivity contribution in [1.29, 1.82) is 0 Å². The van der Waals surface area contributed by atoms with Gasteiger partial charge in [-0.15, -0.1) is 0 Å². The molecule has 0 bridgehead atoms. The van der Waals surface area contributed by atoms with Gasteiger partial charge in [-0.05, 0) is 188 Å². The Morgan fingerprint density at radius 2 is 0.393 bits per heavy atom. The van der Waals surface area contributed by atoms with Gasteiger partial charge in [-0.1, -0.05) is 122 Å². The SMILES string of the molecule is CC(CN=P(C1CCCC1)(C1CCCC1)C1CCCC1)(CN=P(C1CCCC1)(C1CCCC1)C1CCCC1)CN=P(C1CCCC1)(C1CCCC1)C1CCCC1. The van der Waals surface area contributed by atoms with E-state index in [0.717, 1.165) is 70.6 Å². The minimum Gasteiger partial charge on any atom is -0.302 e. The fourth-order valence-electron chi connectivity index (χ4n) is 16.6. The molecule has 9 saturated carbocycles. The van der Waals surface area contributed by atoms with E-state index in [-0.39, 0.29) is 5.41 Å². The lowest BCUT2D eigenvalue weighted by atomic mass is 9.92. The van der Waals surface area contributed by atoms with Crippen molar-refractivity contribution in [3.05, 3.63) is 0 Å². The van der Waals surface area contributed by atoms with E-state index in [1.165, 1.54) is 231 Å². The highest BCUT2D eigenvalue weighted by Crippen LogP contribution is 2.75. The van der Waals surface area contributed by atoms with Crippen LogP contribution in [0.15, 0.2) is 14.2 Å². The van der Waals surface area contributed by atoms with Crippen molar-refractivity contribution in [2.45, 2.75) is 289 Å². The molecule has 6 heteroatoms. The third-order valence-corrected chi connectivity index (χ3v) is 36.3. The first kappa shape index (κ1) is 42.0. The zero-order valence-electron chi connectivity index (χ0n) is 37.0. The zero-order valence-corrected chi connectivity index (χ0v) is 39.6. The summed E-state index contributed by atoms with van der Waals surface area (Å²) in [6.45, 7) is 6.21. The average molecular weight is 826 g/mol. The van der Waals surface area contributed by atoms with Gasteiger partial charge in [0.1, 0.15) is 0 Å². The Morgan fingerprint density at radius 1 is 0.268 bits per heavy atom. The molecule has 0 heterocycles. The minimum absolute atomic E-state index is 0.128. The van der Waals surface area contributed by atoms with Crippen LogP contribution in [0.3, 0.4) is 0 Å². The van der Waals surface area contributed by atoms with Crippen molar-refractivity contribution in [3.8, 4) is 0 Å². The van der Waals surface area contributed by atoms with Crippen LogP contribution in [-0.2, 0) is 0 Å². The van der Waals surface area contributed by atoms with Gasteiger partial charge < -0.3 is 14.2 Å². The molecule has 0 saturated heterocycles. The predicted molar refractivity (Wildman–Crippen MR) is 251 cm³/mol. The Hall–Kier alpha value is 0.690. The lowest BCUT2D eigenvalue weighted by Gasteiger charge is -2.45. The number of rotatable bonds is 15. The molecule has 0 amide bonds. The zero-order chi connectivity index (χ0) is 37.9. The van der Waals surface area contributed by atoms with Gasteiger partial charge in [0.2, 0.25) is 0 Å². The summed E-state index contributed by atoms with van der Waals surface area (Å²) < 4.78 is 20.0. The number of hydrogen-bond acceptors (Lipinski definition) is 3. The average Bonchev–Trinajstić information content (AvgIpc) is 4.05. The highest BCUT2D eigenvalue weighted by Gasteiger charge is 2.50. The van der Waals surface area contributed by atoms with Crippen molar-refractivity contribution in [2.75, 3.05) is 19.6 Å². The van der Waals surface area contributed by atoms with Crippen LogP contribution >= 0.6 is 21.2 Å². The van der Waals surface area contributed by atoms with Crippen LogP contribution in [0.2, 0.25) is 0 Å². The lowest BCUT2D eigenvalue weighted by Crippen LogP contribution is -2.32. The van der Waals surface area contributed by atoms with Gasteiger partial charge >= 0.3 is 0 Å². The second-order valence-corrected chi connectivity index (χ2v) is 34.7. The molecule has 0 aromatic rings. The van der Waals surface area contributed by atoms with Gasteiger partial charge in [0.25, 0.3) is 0 Å². The van der Waals surface area contributed by atoms with Gasteiger partial charge in [-0.2, -0.15) is 0 Å². The summed E-state index contributed by atoms with van der Waals surface area (Å²) in [6.07, 6.45) is 54.4. The summed E-state index contributed by atoms with van der Waals surface area (Å²) in [5.41, 5.74) is 8.84. The summed E-state index contributed by atoms with van der Waals surface area (Å²) >= 11 is 0. The molecule has 0 N–H and O–H groups in total. The Bertz CT molecular complexity index is 1100. The molecular weight excluding hydrogens is 735 g/mol. The molecule has 0 aromatic heterocycles.